The molecule has 0 aromatic heterocycles. The Labute approximate surface area is 131 Å². The van der Waals surface area contributed by atoms with Crippen molar-refractivity contribution in [2.24, 2.45) is 5.73 Å². The molecule has 0 amide bonds. The van der Waals surface area contributed by atoms with Gasteiger partial charge >= 0.3 is 0 Å². The smallest absolute Gasteiger partial charge is 0.157 e. The molecule has 2 N–H and O–H groups in total. The molecule has 0 spiro atoms. The normalized spacial score (nSPS) is 23.5. The van der Waals surface area contributed by atoms with Gasteiger partial charge < -0.3 is 15.2 Å². The van der Waals surface area contributed by atoms with Crippen LogP contribution in [0.3, 0.4) is 0 Å². The monoisotopic (exact) mass is 309 g/mol. The molecule has 21 heavy (non-hydrogen) atoms. The van der Waals surface area contributed by atoms with Gasteiger partial charge in [-0.1, -0.05) is 30.2 Å². The molecule has 116 valence electrons. The molecule has 1 heterocycles. The first-order chi connectivity index (χ1) is 10.2. The average molecular weight is 310 g/mol. The highest BCUT2D eigenvalue weighted by Gasteiger charge is 2.43. The fourth-order valence-electron chi connectivity index (χ4n) is 3.51. The summed E-state index contributed by atoms with van der Waals surface area (Å²) in [6.45, 7) is 1.62. The van der Waals surface area contributed by atoms with Crippen LogP contribution in [0.2, 0.25) is 5.02 Å². The highest BCUT2D eigenvalue weighted by molar-refractivity contribution is 6.30. The lowest BCUT2D eigenvalue weighted by atomic mass is 9.59. The Morgan fingerprint density at radius 1 is 1.14 bits per heavy atom. The molecule has 4 heteroatoms. The number of halogens is 1. The topological polar surface area (TPSA) is 44.5 Å². The minimum absolute atomic E-state index is 0.0628. The van der Waals surface area contributed by atoms with Crippen molar-refractivity contribution in [1.82, 2.24) is 0 Å². The van der Waals surface area contributed by atoms with Gasteiger partial charge in [0, 0.05) is 16.5 Å². The highest BCUT2D eigenvalue weighted by Crippen LogP contribution is 2.47. The van der Waals surface area contributed by atoms with Crippen molar-refractivity contribution in [3.05, 3.63) is 34.9 Å². The number of hydrogen-bond acceptors (Lipinski definition) is 3. The van der Waals surface area contributed by atoms with Crippen LogP contribution < -0.4 is 5.73 Å². The zero-order chi connectivity index (χ0) is 14.7. The van der Waals surface area contributed by atoms with E-state index in [1.165, 1.54) is 24.8 Å². The molecule has 1 saturated carbocycles. The summed E-state index contributed by atoms with van der Waals surface area (Å²) >= 11 is 6.00. The summed E-state index contributed by atoms with van der Waals surface area (Å²) in [7, 11) is 0. The van der Waals surface area contributed by atoms with Crippen molar-refractivity contribution < 1.29 is 9.47 Å². The van der Waals surface area contributed by atoms with E-state index >= 15 is 0 Å². The van der Waals surface area contributed by atoms with Crippen LogP contribution >= 0.6 is 11.6 Å². The Hall–Kier alpha value is -0.610. The van der Waals surface area contributed by atoms with Crippen LogP contribution in [0.25, 0.3) is 0 Å². The summed E-state index contributed by atoms with van der Waals surface area (Å²) in [5.74, 6) is 0. The molecule has 0 radical (unpaired) electrons. The van der Waals surface area contributed by atoms with Gasteiger partial charge in [0.1, 0.15) is 0 Å². The van der Waals surface area contributed by atoms with Crippen LogP contribution in [0.1, 0.15) is 44.1 Å². The van der Waals surface area contributed by atoms with E-state index in [9.17, 15) is 0 Å². The Morgan fingerprint density at radius 2 is 1.81 bits per heavy atom. The maximum atomic E-state index is 6.56. The van der Waals surface area contributed by atoms with Crippen LogP contribution in [-0.2, 0) is 14.9 Å². The lowest BCUT2D eigenvalue weighted by Crippen LogP contribution is -2.50. The molecule has 3 nitrogen and oxygen atoms in total. The first-order valence-corrected chi connectivity index (χ1v) is 8.33. The summed E-state index contributed by atoms with van der Waals surface area (Å²) in [6.07, 6.45) is 6.35. The third kappa shape index (κ3) is 3.26. The molecule has 1 unspecified atom stereocenters. The standard InChI is InChI=1S/C17H24ClNO2/c18-14-5-3-13(4-6-14)17(9-1-10-17)15(19)7-8-16-20-11-2-12-21-16/h3-6,15-16H,1-2,7-12,19H2. The molecular weight excluding hydrogens is 286 g/mol. The molecule has 2 aliphatic rings. The van der Waals surface area contributed by atoms with Gasteiger partial charge in [0.2, 0.25) is 0 Å². The predicted molar refractivity (Wildman–Crippen MR) is 84.5 cm³/mol. The van der Waals surface area contributed by atoms with Crippen molar-refractivity contribution in [3.63, 3.8) is 0 Å². The lowest BCUT2D eigenvalue weighted by Gasteiger charge is -2.47. The molecule has 1 atom stereocenters. The van der Waals surface area contributed by atoms with E-state index < -0.39 is 0 Å². The second-order valence-corrected chi connectivity index (χ2v) is 6.66. The van der Waals surface area contributed by atoms with Crippen molar-refractivity contribution in [2.45, 2.75) is 56.3 Å². The van der Waals surface area contributed by atoms with Crippen LogP contribution in [0.4, 0.5) is 0 Å². The molecule has 0 bridgehead atoms. The molecule has 1 aromatic rings. The summed E-state index contributed by atoms with van der Waals surface area (Å²) < 4.78 is 11.2. The Kier molecular flexibility index (Phi) is 4.85. The van der Waals surface area contributed by atoms with Crippen LogP contribution in [0.15, 0.2) is 24.3 Å². The molecule has 1 aliphatic carbocycles. The van der Waals surface area contributed by atoms with E-state index in [1.807, 2.05) is 12.1 Å². The second-order valence-electron chi connectivity index (χ2n) is 6.23. The second kappa shape index (κ2) is 6.66. The van der Waals surface area contributed by atoms with Crippen LogP contribution in [0, 0.1) is 0 Å². The van der Waals surface area contributed by atoms with Gasteiger partial charge in [-0.15, -0.1) is 0 Å². The maximum absolute atomic E-state index is 6.56. The zero-order valence-electron chi connectivity index (χ0n) is 12.4. The third-order valence-electron chi connectivity index (χ3n) is 4.98. The Morgan fingerprint density at radius 3 is 2.38 bits per heavy atom. The van der Waals surface area contributed by atoms with E-state index in [0.717, 1.165) is 37.5 Å². The molecule has 1 aromatic carbocycles. The van der Waals surface area contributed by atoms with Gasteiger partial charge in [0.25, 0.3) is 0 Å². The minimum atomic E-state index is -0.0628. The van der Waals surface area contributed by atoms with Gasteiger partial charge in [-0.2, -0.15) is 0 Å². The van der Waals surface area contributed by atoms with Crippen molar-refractivity contribution in [1.29, 1.82) is 0 Å². The van der Waals surface area contributed by atoms with Gasteiger partial charge in [0.05, 0.1) is 13.2 Å². The zero-order valence-corrected chi connectivity index (χ0v) is 13.1. The first kappa shape index (κ1) is 15.3. The van der Waals surface area contributed by atoms with E-state index in [-0.39, 0.29) is 17.7 Å². The van der Waals surface area contributed by atoms with E-state index in [2.05, 4.69) is 12.1 Å². The van der Waals surface area contributed by atoms with Crippen LogP contribution in [-0.4, -0.2) is 25.5 Å². The number of rotatable bonds is 5. The molecular formula is C17H24ClNO2. The Balaban J connectivity index is 1.63. The van der Waals surface area contributed by atoms with E-state index in [0.29, 0.717) is 0 Å². The van der Waals surface area contributed by atoms with Gasteiger partial charge in [0.15, 0.2) is 6.29 Å². The predicted octanol–water partition coefficient (Wildman–Crippen LogP) is 3.63. The number of nitrogens with two attached hydrogens (primary N) is 1. The molecule has 3 rings (SSSR count). The quantitative estimate of drug-likeness (QED) is 0.903. The molecule has 1 saturated heterocycles. The Bertz CT molecular complexity index is 452. The number of ether oxygens (including phenoxy) is 2. The summed E-state index contributed by atoms with van der Waals surface area (Å²) in [5, 5.41) is 0.783. The largest absolute Gasteiger partial charge is 0.353 e. The minimum Gasteiger partial charge on any atom is -0.353 e. The summed E-state index contributed by atoms with van der Waals surface area (Å²) in [4.78, 5) is 0. The fourth-order valence-corrected chi connectivity index (χ4v) is 3.63. The first-order valence-electron chi connectivity index (χ1n) is 7.95. The maximum Gasteiger partial charge on any atom is 0.157 e. The molecule has 2 fully saturated rings. The number of hydrogen-bond donors (Lipinski definition) is 1. The lowest BCUT2D eigenvalue weighted by molar-refractivity contribution is -0.182. The average Bonchev–Trinajstić information content (AvgIpc) is 2.47. The number of benzene rings is 1. The van der Waals surface area contributed by atoms with Gasteiger partial charge in [-0.3, -0.25) is 0 Å². The van der Waals surface area contributed by atoms with Crippen molar-refractivity contribution >= 4 is 11.6 Å². The van der Waals surface area contributed by atoms with Crippen molar-refractivity contribution in [3.8, 4) is 0 Å². The SMILES string of the molecule is NC(CCC1OCCCO1)C1(c2ccc(Cl)cc2)CCC1. The van der Waals surface area contributed by atoms with E-state index in [4.69, 9.17) is 26.8 Å². The van der Waals surface area contributed by atoms with E-state index in [1.54, 1.807) is 0 Å². The molecule has 1 aliphatic heterocycles. The summed E-state index contributed by atoms with van der Waals surface area (Å²) in [5.41, 5.74) is 8.01. The van der Waals surface area contributed by atoms with Gasteiger partial charge in [-0.25, -0.2) is 0 Å². The van der Waals surface area contributed by atoms with Crippen molar-refractivity contribution in [2.75, 3.05) is 13.2 Å². The highest BCUT2D eigenvalue weighted by atomic mass is 35.5. The summed E-state index contributed by atoms with van der Waals surface area (Å²) in [6, 6.07) is 8.36. The van der Waals surface area contributed by atoms with Crippen LogP contribution in [0.5, 0.6) is 0 Å². The fraction of sp³-hybridized carbons (Fsp3) is 0.647. The van der Waals surface area contributed by atoms with Gasteiger partial charge in [-0.05, 0) is 49.8 Å². The third-order valence-corrected chi connectivity index (χ3v) is 5.24.